The lowest BCUT2D eigenvalue weighted by Gasteiger charge is -2.11. The maximum atomic E-state index is 10.6. The molecule has 1 N–H and O–H groups in total. The van der Waals surface area contributed by atoms with Crippen molar-refractivity contribution < 1.29 is 9.53 Å². The van der Waals surface area contributed by atoms with E-state index >= 15 is 0 Å². The summed E-state index contributed by atoms with van der Waals surface area (Å²) >= 11 is 0. The predicted molar refractivity (Wildman–Crippen MR) is 113 cm³/mol. The van der Waals surface area contributed by atoms with Gasteiger partial charge in [0.15, 0.2) is 0 Å². The Labute approximate surface area is 171 Å². The van der Waals surface area contributed by atoms with Crippen LogP contribution >= 0.6 is 0 Å². The lowest BCUT2D eigenvalue weighted by atomic mass is 10.0. The van der Waals surface area contributed by atoms with Gasteiger partial charge < -0.3 is 14.5 Å². The van der Waals surface area contributed by atoms with Crippen LogP contribution < -0.4 is 4.74 Å². The van der Waals surface area contributed by atoms with Crippen LogP contribution in [0.5, 0.6) is 5.75 Å². The van der Waals surface area contributed by atoms with Crippen LogP contribution in [0.25, 0.3) is 11.4 Å². The van der Waals surface area contributed by atoms with Gasteiger partial charge in [0, 0.05) is 24.1 Å². The molecular formula is C24H25N3O2. The highest BCUT2D eigenvalue weighted by molar-refractivity contribution is 5.57. The molecule has 29 heavy (non-hydrogen) atoms. The molecule has 0 fully saturated rings. The van der Waals surface area contributed by atoms with Gasteiger partial charge in [-0.25, -0.2) is 4.98 Å². The first-order valence-electron chi connectivity index (χ1n) is 9.88. The van der Waals surface area contributed by atoms with Crippen LogP contribution in [-0.2, 0) is 24.1 Å². The summed E-state index contributed by atoms with van der Waals surface area (Å²) in [5.41, 5.74) is 6.02. The number of hydrogen-bond donors (Lipinski definition) is 1. The number of hydrogen-bond acceptors (Lipinski definition) is 4. The molecule has 5 heteroatoms. The molecule has 0 aliphatic carbocycles. The molecule has 2 aromatic carbocycles. The Kier molecular flexibility index (Phi) is 6.80. The molecule has 5 nitrogen and oxygen atoms in total. The number of nitrogens with one attached hydrogen (secondary N) is 1. The number of aromatic nitrogens is 2. The average molecular weight is 387 g/mol. The van der Waals surface area contributed by atoms with E-state index in [0.717, 1.165) is 47.7 Å². The Morgan fingerprint density at radius 2 is 1.93 bits per heavy atom. The summed E-state index contributed by atoms with van der Waals surface area (Å²) in [5, 5.41) is 8.92. The van der Waals surface area contributed by atoms with Gasteiger partial charge in [-0.1, -0.05) is 13.0 Å². The Bertz CT molecular complexity index is 1010. The second-order valence-electron chi connectivity index (χ2n) is 6.93. The van der Waals surface area contributed by atoms with E-state index in [1.165, 1.54) is 11.1 Å². The molecule has 0 saturated heterocycles. The molecular weight excluding hydrogens is 362 g/mol. The van der Waals surface area contributed by atoms with Crippen molar-refractivity contribution >= 4 is 6.29 Å². The molecule has 1 aromatic heterocycles. The van der Waals surface area contributed by atoms with Gasteiger partial charge in [-0.15, -0.1) is 0 Å². The Hall–Kier alpha value is -3.39. The maximum absolute atomic E-state index is 10.6. The van der Waals surface area contributed by atoms with E-state index < -0.39 is 0 Å². The van der Waals surface area contributed by atoms with Crippen molar-refractivity contribution in [3.63, 3.8) is 0 Å². The number of benzene rings is 2. The van der Waals surface area contributed by atoms with Crippen molar-refractivity contribution in [1.82, 2.24) is 9.97 Å². The van der Waals surface area contributed by atoms with E-state index in [0.29, 0.717) is 25.0 Å². The fraction of sp³-hybridized carbons (Fsp3) is 0.292. The molecule has 0 radical (unpaired) electrons. The lowest BCUT2D eigenvalue weighted by molar-refractivity contribution is -0.107. The van der Waals surface area contributed by atoms with Crippen LogP contribution in [0.15, 0.2) is 42.5 Å². The smallest absolute Gasteiger partial charge is 0.137 e. The first kappa shape index (κ1) is 20.3. The van der Waals surface area contributed by atoms with E-state index in [4.69, 9.17) is 15.0 Å². The van der Waals surface area contributed by atoms with Crippen molar-refractivity contribution in [3.05, 3.63) is 70.5 Å². The van der Waals surface area contributed by atoms with Gasteiger partial charge in [-0.3, -0.25) is 0 Å². The summed E-state index contributed by atoms with van der Waals surface area (Å²) < 4.78 is 5.95. The fourth-order valence-electron chi connectivity index (χ4n) is 3.32. The van der Waals surface area contributed by atoms with Gasteiger partial charge in [0.1, 0.15) is 17.9 Å². The molecule has 0 spiro atoms. The number of aromatic amines is 1. The molecule has 1 heterocycles. The highest BCUT2D eigenvalue weighted by Gasteiger charge is 2.10. The first-order chi connectivity index (χ1) is 14.1. The number of carbonyl (C=O) groups excluding carboxylic acids is 1. The second-order valence-corrected chi connectivity index (χ2v) is 6.93. The number of ether oxygens (including phenoxy) is 1. The zero-order valence-electron chi connectivity index (χ0n) is 16.9. The molecule has 3 aromatic rings. The molecule has 0 amide bonds. The Balaban J connectivity index is 1.62. The third-order valence-corrected chi connectivity index (χ3v) is 4.97. The molecule has 0 aliphatic heterocycles. The molecule has 0 atom stereocenters. The standard InChI is InChI=1S/C24H25N3O2/c1-3-19-15-22(11-10-20(19)5-4-13-28)29-14-12-23-17(2)26-24(27-23)21-8-6-18(16-25)7-9-21/h6-11,13,15H,3-5,12,14H2,1-2H3,(H,26,27). The average Bonchev–Trinajstić information content (AvgIpc) is 3.13. The zero-order chi connectivity index (χ0) is 20.6. The number of nitrogens with zero attached hydrogens (tertiary/aromatic N) is 2. The highest BCUT2D eigenvalue weighted by atomic mass is 16.5. The summed E-state index contributed by atoms with van der Waals surface area (Å²) in [6.07, 6.45) is 3.90. The minimum Gasteiger partial charge on any atom is -0.493 e. The Morgan fingerprint density at radius 3 is 2.62 bits per heavy atom. The number of imidazole rings is 1. The predicted octanol–water partition coefficient (Wildman–Crippen LogP) is 4.57. The largest absolute Gasteiger partial charge is 0.493 e. The van der Waals surface area contributed by atoms with Gasteiger partial charge in [-0.2, -0.15) is 5.26 Å². The van der Waals surface area contributed by atoms with Crippen LogP contribution in [0.4, 0.5) is 0 Å². The highest BCUT2D eigenvalue weighted by Crippen LogP contribution is 2.21. The monoisotopic (exact) mass is 387 g/mol. The minimum atomic E-state index is 0.537. The summed E-state index contributed by atoms with van der Waals surface area (Å²) in [7, 11) is 0. The normalized spacial score (nSPS) is 10.5. The van der Waals surface area contributed by atoms with Gasteiger partial charge in [-0.05, 0) is 67.3 Å². The van der Waals surface area contributed by atoms with Gasteiger partial charge >= 0.3 is 0 Å². The summed E-state index contributed by atoms with van der Waals surface area (Å²) in [5.74, 6) is 1.65. The van der Waals surface area contributed by atoms with Crippen molar-refractivity contribution in [2.24, 2.45) is 0 Å². The topological polar surface area (TPSA) is 78.8 Å². The molecule has 0 bridgehead atoms. The van der Waals surface area contributed by atoms with E-state index in [2.05, 4.69) is 30.1 Å². The number of aryl methyl sites for hydroxylation is 3. The maximum Gasteiger partial charge on any atom is 0.137 e. The molecule has 148 valence electrons. The quantitative estimate of drug-likeness (QED) is 0.545. The minimum absolute atomic E-state index is 0.537. The zero-order valence-corrected chi connectivity index (χ0v) is 16.9. The summed E-state index contributed by atoms with van der Waals surface area (Å²) in [6, 6.07) is 15.6. The Morgan fingerprint density at radius 1 is 1.14 bits per heavy atom. The van der Waals surface area contributed by atoms with Crippen molar-refractivity contribution in [2.75, 3.05) is 6.61 Å². The molecule has 3 rings (SSSR count). The van der Waals surface area contributed by atoms with Crippen molar-refractivity contribution in [2.45, 2.75) is 39.5 Å². The van der Waals surface area contributed by atoms with E-state index in [1.54, 1.807) is 12.1 Å². The molecule has 0 aliphatic rings. The van der Waals surface area contributed by atoms with Crippen LogP contribution in [0.2, 0.25) is 0 Å². The number of nitriles is 1. The third-order valence-electron chi connectivity index (χ3n) is 4.97. The van der Waals surface area contributed by atoms with Crippen LogP contribution in [0, 0.1) is 18.3 Å². The fourth-order valence-corrected chi connectivity index (χ4v) is 3.32. The summed E-state index contributed by atoms with van der Waals surface area (Å²) in [6.45, 7) is 4.66. The number of rotatable bonds is 9. The van der Waals surface area contributed by atoms with Crippen molar-refractivity contribution in [1.29, 1.82) is 5.26 Å². The molecule has 0 unspecified atom stereocenters. The SMILES string of the molecule is CCc1cc(OCCc2nc(-c3ccc(C#N)cc3)[nH]c2C)ccc1CCC=O. The van der Waals surface area contributed by atoms with E-state index in [1.807, 2.05) is 25.1 Å². The van der Waals surface area contributed by atoms with Crippen molar-refractivity contribution in [3.8, 4) is 23.2 Å². The van der Waals surface area contributed by atoms with E-state index in [-0.39, 0.29) is 0 Å². The number of carbonyl (C=O) groups is 1. The van der Waals surface area contributed by atoms with Gasteiger partial charge in [0.25, 0.3) is 0 Å². The van der Waals surface area contributed by atoms with Crippen LogP contribution in [-0.4, -0.2) is 22.9 Å². The van der Waals surface area contributed by atoms with E-state index in [9.17, 15) is 4.79 Å². The third kappa shape index (κ3) is 5.11. The lowest BCUT2D eigenvalue weighted by Crippen LogP contribution is -2.04. The molecule has 0 saturated carbocycles. The number of aldehydes is 1. The summed E-state index contributed by atoms with van der Waals surface area (Å²) in [4.78, 5) is 18.6. The van der Waals surface area contributed by atoms with Crippen LogP contribution in [0.3, 0.4) is 0 Å². The number of H-pyrrole nitrogens is 1. The van der Waals surface area contributed by atoms with Crippen LogP contribution in [0.1, 0.15) is 41.4 Å². The van der Waals surface area contributed by atoms with Gasteiger partial charge in [0.05, 0.1) is 23.9 Å². The second kappa shape index (κ2) is 9.70. The first-order valence-corrected chi connectivity index (χ1v) is 9.88. The van der Waals surface area contributed by atoms with Gasteiger partial charge in [0.2, 0.25) is 0 Å².